The van der Waals surface area contributed by atoms with E-state index in [1.165, 1.54) is 0 Å². The van der Waals surface area contributed by atoms with E-state index in [2.05, 4.69) is 0 Å². The van der Waals surface area contributed by atoms with Crippen molar-refractivity contribution in [1.82, 2.24) is 9.80 Å². The van der Waals surface area contributed by atoms with Gasteiger partial charge in [0.15, 0.2) is 0 Å². The lowest BCUT2D eigenvalue weighted by Gasteiger charge is -2.32. The molecule has 0 saturated carbocycles. The van der Waals surface area contributed by atoms with Crippen molar-refractivity contribution in [3.63, 3.8) is 0 Å². The summed E-state index contributed by atoms with van der Waals surface area (Å²) in [4.78, 5) is 28.7. The molecule has 2 saturated heterocycles. The van der Waals surface area contributed by atoms with Crippen LogP contribution in [0.25, 0.3) is 0 Å². The summed E-state index contributed by atoms with van der Waals surface area (Å²) >= 11 is 0. The van der Waals surface area contributed by atoms with E-state index in [1.54, 1.807) is 4.90 Å². The average Bonchev–Trinajstić information content (AvgIpc) is 3.12. The molecule has 0 N–H and O–H groups in total. The Hall–Kier alpha value is -2.08. The molecule has 0 bridgehead atoms. The van der Waals surface area contributed by atoms with Crippen LogP contribution in [0.2, 0.25) is 0 Å². The molecule has 0 spiro atoms. The predicted molar refractivity (Wildman–Crippen MR) is 88.7 cm³/mol. The van der Waals surface area contributed by atoms with Crippen molar-refractivity contribution < 1.29 is 19.1 Å². The lowest BCUT2D eigenvalue weighted by Crippen LogP contribution is -2.51. The van der Waals surface area contributed by atoms with E-state index >= 15 is 0 Å². The topological polar surface area (TPSA) is 59.1 Å². The van der Waals surface area contributed by atoms with Crippen LogP contribution in [0.4, 0.5) is 0 Å². The Morgan fingerprint density at radius 1 is 1.12 bits per heavy atom. The molecule has 2 heterocycles. The predicted octanol–water partition coefficient (Wildman–Crippen LogP) is 1.31. The van der Waals surface area contributed by atoms with Crippen molar-refractivity contribution in [1.29, 1.82) is 0 Å². The maximum absolute atomic E-state index is 12.7. The largest absolute Gasteiger partial charge is 0.493 e. The molecule has 0 aromatic heterocycles. The maximum atomic E-state index is 12.7. The van der Waals surface area contributed by atoms with Crippen LogP contribution in [0, 0.1) is 0 Å². The molecule has 6 nitrogen and oxygen atoms in total. The normalized spacial score (nSPS) is 20.9. The highest BCUT2D eigenvalue weighted by Gasteiger charge is 2.36. The fourth-order valence-corrected chi connectivity index (χ4v) is 3.23. The molecule has 24 heavy (non-hydrogen) atoms. The summed E-state index contributed by atoms with van der Waals surface area (Å²) in [6.45, 7) is 3.39. The molecule has 2 amide bonds. The van der Waals surface area contributed by atoms with E-state index < -0.39 is 0 Å². The number of likely N-dealkylation sites (tertiary alicyclic amines) is 1. The number of para-hydroxylation sites is 1. The average molecular weight is 332 g/mol. The Bertz CT molecular complexity index is 557. The van der Waals surface area contributed by atoms with Gasteiger partial charge < -0.3 is 19.3 Å². The standard InChI is InChI=1S/C18H24N2O4/c21-17(8-12-24-15-5-2-1-3-6-15)20-9-4-7-16(20)18(22)19-10-13-23-14-11-19/h1-3,5-6,16H,4,7-14H2/t16-/m0/s1. The Balaban J connectivity index is 1.50. The van der Waals surface area contributed by atoms with Crippen molar-refractivity contribution in [3.8, 4) is 5.75 Å². The molecular weight excluding hydrogens is 308 g/mol. The van der Waals surface area contributed by atoms with Crippen LogP contribution in [0.1, 0.15) is 19.3 Å². The minimum absolute atomic E-state index is 0.00459. The zero-order chi connectivity index (χ0) is 16.8. The van der Waals surface area contributed by atoms with E-state index in [-0.39, 0.29) is 17.9 Å². The monoisotopic (exact) mass is 332 g/mol. The van der Waals surface area contributed by atoms with Gasteiger partial charge in [-0.05, 0) is 25.0 Å². The first-order valence-electron chi connectivity index (χ1n) is 8.59. The van der Waals surface area contributed by atoms with Crippen LogP contribution in [-0.4, -0.2) is 67.1 Å². The minimum Gasteiger partial charge on any atom is -0.493 e. The van der Waals surface area contributed by atoms with Crippen LogP contribution >= 0.6 is 0 Å². The van der Waals surface area contributed by atoms with Gasteiger partial charge >= 0.3 is 0 Å². The highest BCUT2D eigenvalue weighted by Crippen LogP contribution is 2.21. The quantitative estimate of drug-likeness (QED) is 0.816. The molecule has 0 unspecified atom stereocenters. The second kappa shape index (κ2) is 8.15. The number of nitrogens with zero attached hydrogens (tertiary/aromatic N) is 2. The number of rotatable bonds is 5. The Morgan fingerprint density at radius 3 is 2.62 bits per heavy atom. The molecule has 2 fully saturated rings. The fraction of sp³-hybridized carbons (Fsp3) is 0.556. The molecule has 1 aromatic carbocycles. The number of benzene rings is 1. The summed E-state index contributed by atoms with van der Waals surface area (Å²) in [5.41, 5.74) is 0. The highest BCUT2D eigenvalue weighted by molar-refractivity contribution is 5.88. The van der Waals surface area contributed by atoms with Crippen molar-refractivity contribution in [2.24, 2.45) is 0 Å². The first-order chi connectivity index (χ1) is 11.8. The van der Waals surface area contributed by atoms with Crippen LogP contribution in [-0.2, 0) is 14.3 Å². The van der Waals surface area contributed by atoms with E-state index in [1.807, 2.05) is 35.2 Å². The third-order valence-electron chi connectivity index (χ3n) is 4.51. The van der Waals surface area contributed by atoms with Crippen molar-refractivity contribution in [2.75, 3.05) is 39.5 Å². The molecular formula is C18H24N2O4. The lowest BCUT2D eigenvalue weighted by atomic mass is 10.1. The zero-order valence-corrected chi connectivity index (χ0v) is 13.9. The summed E-state index contributed by atoms with van der Waals surface area (Å²) < 4.78 is 10.9. The summed E-state index contributed by atoms with van der Waals surface area (Å²) in [6, 6.07) is 9.14. The number of hydrogen-bond acceptors (Lipinski definition) is 4. The Labute approximate surface area is 142 Å². The lowest BCUT2D eigenvalue weighted by molar-refractivity contribution is -0.146. The third kappa shape index (κ3) is 4.06. The first kappa shape index (κ1) is 16.8. The summed E-state index contributed by atoms with van der Waals surface area (Å²) in [5.74, 6) is 0.816. The Kier molecular flexibility index (Phi) is 5.69. The number of amides is 2. The van der Waals surface area contributed by atoms with E-state index in [9.17, 15) is 9.59 Å². The van der Waals surface area contributed by atoms with Gasteiger partial charge in [-0.15, -0.1) is 0 Å². The van der Waals surface area contributed by atoms with Gasteiger partial charge in [0, 0.05) is 19.6 Å². The van der Waals surface area contributed by atoms with Crippen molar-refractivity contribution >= 4 is 11.8 Å². The highest BCUT2D eigenvalue weighted by atomic mass is 16.5. The van der Waals surface area contributed by atoms with Crippen LogP contribution < -0.4 is 4.74 Å². The molecule has 3 rings (SSSR count). The van der Waals surface area contributed by atoms with E-state index in [4.69, 9.17) is 9.47 Å². The number of ether oxygens (including phenoxy) is 2. The molecule has 2 aliphatic rings. The zero-order valence-electron chi connectivity index (χ0n) is 13.9. The summed E-state index contributed by atoms with van der Waals surface area (Å²) in [7, 11) is 0. The van der Waals surface area contributed by atoms with Gasteiger partial charge in [-0.3, -0.25) is 9.59 Å². The Morgan fingerprint density at radius 2 is 1.88 bits per heavy atom. The fourth-order valence-electron chi connectivity index (χ4n) is 3.23. The maximum Gasteiger partial charge on any atom is 0.245 e. The number of hydrogen-bond donors (Lipinski definition) is 0. The molecule has 1 atom stereocenters. The first-order valence-corrected chi connectivity index (χ1v) is 8.59. The van der Waals surface area contributed by atoms with Gasteiger partial charge in [0.2, 0.25) is 11.8 Å². The second-order valence-electron chi connectivity index (χ2n) is 6.09. The third-order valence-corrected chi connectivity index (χ3v) is 4.51. The van der Waals surface area contributed by atoms with E-state index in [0.717, 1.165) is 18.6 Å². The molecule has 2 aliphatic heterocycles. The van der Waals surface area contributed by atoms with Gasteiger partial charge in [-0.2, -0.15) is 0 Å². The van der Waals surface area contributed by atoms with Gasteiger partial charge in [0.05, 0.1) is 26.2 Å². The van der Waals surface area contributed by atoms with Gasteiger partial charge in [0.25, 0.3) is 0 Å². The summed E-state index contributed by atoms with van der Waals surface area (Å²) in [5, 5.41) is 0. The van der Waals surface area contributed by atoms with Gasteiger partial charge in [-0.1, -0.05) is 18.2 Å². The number of carbonyl (C=O) groups is 2. The van der Waals surface area contributed by atoms with Crippen molar-refractivity contribution in [2.45, 2.75) is 25.3 Å². The molecule has 130 valence electrons. The van der Waals surface area contributed by atoms with Gasteiger partial charge in [0.1, 0.15) is 11.8 Å². The van der Waals surface area contributed by atoms with Crippen molar-refractivity contribution in [3.05, 3.63) is 30.3 Å². The van der Waals surface area contributed by atoms with Crippen LogP contribution in [0.15, 0.2) is 30.3 Å². The number of carbonyl (C=O) groups excluding carboxylic acids is 2. The SMILES string of the molecule is O=C([C@@H]1CCCN1C(=O)CCOc1ccccc1)N1CCOCC1. The smallest absolute Gasteiger partial charge is 0.245 e. The molecule has 0 radical (unpaired) electrons. The number of morpholine rings is 1. The second-order valence-corrected chi connectivity index (χ2v) is 6.09. The molecule has 0 aliphatic carbocycles. The molecule has 1 aromatic rings. The van der Waals surface area contributed by atoms with Crippen LogP contribution in [0.5, 0.6) is 5.75 Å². The summed E-state index contributed by atoms with van der Waals surface area (Å²) in [6.07, 6.45) is 1.93. The minimum atomic E-state index is -0.313. The van der Waals surface area contributed by atoms with Crippen LogP contribution in [0.3, 0.4) is 0 Å². The van der Waals surface area contributed by atoms with Gasteiger partial charge in [-0.25, -0.2) is 0 Å². The van der Waals surface area contributed by atoms with E-state index in [0.29, 0.717) is 45.9 Å². The molecule has 6 heteroatoms.